The lowest BCUT2D eigenvalue weighted by atomic mass is 9.97. The second-order valence-corrected chi connectivity index (χ2v) is 5.08. The molecule has 0 unspecified atom stereocenters. The molecule has 0 bridgehead atoms. The number of carbonyl (C=O) groups is 2. The minimum absolute atomic E-state index is 0.0318. The van der Waals surface area contributed by atoms with Crippen LogP contribution >= 0.6 is 11.6 Å². The molecule has 0 fully saturated rings. The zero-order chi connectivity index (χ0) is 13.8. The van der Waals surface area contributed by atoms with Crippen LogP contribution < -0.4 is 4.74 Å². The Morgan fingerprint density at radius 3 is 2.39 bits per heavy atom. The second-order valence-electron chi connectivity index (χ2n) is 4.77. The summed E-state index contributed by atoms with van der Waals surface area (Å²) in [7, 11) is 0. The summed E-state index contributed by atoms with van der Waals surface area (Å²) in [6, 6.07) is 6.83. The van der Waals surface area contributed by atoms with Crippen molar-refractivity contribution in [2.75, 3.05) is 0 Å². The van der Waals surface area contributed by atoms with Gasteiger partial charge in [-0.25, -0.2) is 4.79 Å². The molecular weight excluding hydrogens is 256 g/mol. The van der Waals surface area contributed by atoms with Gasteiger partial charge in [-0.1, -0.05) is 18.2 Å². The fourth-order valence-corrected chi connectivity index (χ4v) is 1.16. The summed E-state index contributed by atoms with van der Waals surface area (Å²) < 4.78 is 9.94. The maximum atomic E-state index is 11.8. The fourth-order valence-electron chi connectivity index (χ4n) is 1.11. The number of benzene rings is 1. The Morgan fingerprint density at radius 2 is 1.83 bits per heavy atom. The van der Waals surface area contributed by atoms with Crippen molar-refractivity contribution in [1.29, 1.82) is 0 Å². The molecule has 0 saturated carbocycles. The van der Waals surface area contributed by atoms with Crippen LogP contribution in [-0.2, 0) is 16.1 Å². The molecule has 0 aliphatic carbocycles. The van der Waals surface area contributed by atoms with Crippen LogP contribution in [0.3, 0.4) is 0 Å². The molecule has 0 radical (unpaired) electrons. The zero-order valence-electron chi connectivity index (χ0n) is 10.5. The van der Waals surface area contributed by atoms with Gasteiger partial charge in [-0.05, 0) is 26.8 Å². The Kier molecular flexibility index (Phi) is 4.73. The Balaban J connectivity index is 2.82. The van der Waals surface area contributed by atoms with Crippen LogP contribution in [-0.4, -0.2) is 11.4 Å². The highest BCUT2D eigenvalue weighted by Crippen LogP contribution is 2.23. The van der Waals surface area contributed by atoms with E-state index in [0.29, 0.717) is 11.3 Å². The minimum Gasteiger partial charge on any atom is -0.449 e. The predicted octanol–water partition coefficient (Wildman–Crippen LogP) is 3.51. The lowest BCUT2D eigenvalue weighted by molar-refractivity contribution is -0.143. The first kappa shape index (κ1) is 14.5. The number of halogens is 1. The molecule has 1 aromatic rings. The number of rotatable bonds is 3. The maximum Gasteiger partial charge on any atom is 0.404 e. The van der Waals surface area contributed by atoms with Crippen molar-refractivity contribution in [1.82, 2.24) is 0 Å². The second kappa shape index (κ2) is 5.87. The molecule has 0 aromatic heterocycles. The molecule has 0 aliphatic heterocycles. The maximum absolute atomic E-state index is 11.8. The highest BCUT2D eigenvalue weighted by molar-refractivity contribution is 6.61. The van der Waals surface area contributed by atoms with Gasteiger partial charge in [0.15, 0.2) is 0 Å². The van der Waals surface area contributed by atoms with E-state index in [0.717, 1.165) is 0 Å². The molecule has 0 heterocycles. The summed E-state index contributed by atoms with van der Waals surface area (Å²) in [5.41, 5.74) is -0.910. The number of ether oxygens (including phenoxy) is 2. The van der Waals surface area contributed by atoms with Crippen LogP contribution in [0.1, 0.15) is 26.3 Å². The van der Waals surface area contributed by atoms with E-state index in [2.05, 4.69) is 4.74 Å². The average Bonchev–Trinajstić information content (AvgIpc) is 2.26. The lowest BCUT2D eigenvalue weighted by Crippen LogP contribution is -2.26. The monoisotopic (exact) mass is 270 g/mol. The standard InChI is InChI=1S/C13H15ClO4/c1-13(2,3)11(15)18-10-7-5-4-6-9(10)8-17-12(14)16/h4-7H,8H2,1-3H3. The average molecular weight is 271 g/mol. The van der Waals surface area contributed by atoms with Crippen molar-refractivity contribution < 1.29 is 19.1 Å². The molecule has 0 spiro atoms. The predicted molar refractivity (Wildman–Crippen MR) is 67.6 cm³/mol. The van der Waals surface area contributed by atoms with Crippen LogP contribution in [0.4, 0.5) is 4.79 Å². The molecule has 18 heavy (non-hydrogen) atoms. The number of hydrogen-bond donors (Lipinski definition) is 0. The van der Waals surface area contributed by atoms with Crippen molar-refractivity contribution in [3.63, 3.8) is 0 Å². The molecule has 5 heteroatoms. The van der Waals surface area contributed by atoms with E-state index >= 15 is 0 Å². The summed E-state index contributed by atoms with van der Waals surface area (Å²) in [5.74, 6) is 0.0162. The Morgan fingerprint density at radius 1 is 1.22 bits per heavy atom. The van der Waals surface area contributed by atoms with E-state index in [-0.39, 0.29) is 12.6 Å². The van der Waals surface area contributed by atoms with Crippen molar-refractivity contribution in [3.05, 3.63) is 29.8 Å². The molecule has 1 aromatic carbocycles. The van der Waals surface area contributed by atoms with Crippen molar-refractivity contribution in [2.24, 2.45) is 5.41 Å². The van der Waals surface area contributed by atoms with Crippen molar-refractivity contribution in [2.45, 2.75) is 27.4 Å². The SMILES string of the molecule is CC(C)(C)C(=O)Oc1ccccc1COC(=O)Cl. The van der Waals surface area contributed by atoms with Crippen LogP contribution in [0.2, 0.25) is 0 Å². The van der Waals surface area contributed by atoms with Crippen molar-refractivity contribution in [3.8, 4) is 5.75 Å². The summed E-state index contributed by atoms with van der Waals surface area (Å²) in [6.45, 7) is 5.25. The van der Waals surface area contributed by atoms with Gasteiger partial charge in [-0.2, -0.15) is 0 Å². The first-order chi connectivity index (χ1) is 8.30. The van der Waals surface area contributed by atoms with Gasteiger partial charge < -0.3 is 9.47 Å². The number of para-hydroxylation sites is 1. The van der Waals surface area contributed by atoms with Gasteiger partial charge in [0.25, 0.3) is 0 Å². The molecule has 0 saturated heterocycles. The van der Waals surface area contributed by atoms with E-state index in [1.54, 1.807) is 45.0 Å². The third kappa shape index (κ3) is 4.37. The summed E-state index contributed by atoms with van der Waals surface area (Å²) in [6.07, 6.45) is 0. The minimum atomic E-state index is -0.896. The zero-order valence-corrected chi connectivity index (χ0v) is 11.3. The number of esters is 1. The van der Waals surface area contributed by atoms with Gasteiger partial charge in [0.05, 0.1) is 5.41 Å². The normalized spacial score (nSPS) is 10.9. The highest BCUT2D eigenvalue weighted by atomic mass is 35.5. The molecule has 98 valence electrons. The molecule has 1 rings (SSSR count). The summed E-state index contributed by atoms with van der Waals surface area (Å²) in [5, 5.41) is 0. The summed E-state index contributed by atoms with van der Waals surface area (Å²) >= 11 is 5.09. The van der Waals surface area contributed by atoms with Gasteiger partial charge in [-0.3, -0.25) is 4.79 Å². The van der Waals surface area contributed by atoms with E-state index in [1.807, 2.05) is 0 Å². The number of hydrogen-bond acceptors (Lipinski definition) is 4. The van der Waals surface area contributed by atoms with Gasteiger partial charge in [0.1, 0.15) is 12.4 Å². The Labute approximate surface area is 111 Å². The van der Waals surface area contributed by atoms with E-state index in [4.69, 9.17) is 16.3 Å². The molecule has 0 aliphatic rings. The van der Waals surface area contributed by atoms with E-state index in [9.17, 15) is 9.59 Å². The number of carbonyl (C=O) groups excluding carboxylic acids is 2. The fraction of sp³-hybridized carbons (Fsp3) is 0.385. The largest absolute Gasteiger partial charge is 0.449 e. The molecule has 0 N–H and O–H groups in total. The van der Waals surface area contributed by atoms with Crippen LogP contribution in [0.25, 0.3) is 0 Å². The van der Waals surface area contributed by atoms with Gasteiger partial charge in [0.2, 0.25) is 0 Å². The van der Waals surface area contributed by atoms with Crippen molar-refractivity contribution >= 4 is 23.0 Å². The third-order valence-corrected chi connectivity index (χ3v) is 2.24. The first-order valence-electron chi connectivity index (χ1n) is 5.43. The summed E-state index contributed by atoms with van der Waals surface area (Å²) in [4.78, 5) is 22.3. The highest BCUT2D eigenvalue weighted by Gasteiger charge is 2.24. The smallest absolute Gasteiger partial charge is 0.404 e. The lowest BCUT2D eigenvalue weighted by Gasteiger charge is -2.17. The molecule has 4 nitrogen and oxygen atoms in total. The molecule has 0 amide bonds. The van der Waals surface area contributed by atoms with E-state index < -0.39 is 10.8 Å². The first-order valence-corrected chi connectivity index (χ1v) is 5.81. The Hall–Kier alpha value is -1.55. The molecule has 0 atom stereocenters. The van der Waals surface area contributed by atoms with Crippen LogP contribution in [0.5, 0.6) is 5.75 Å². The topological polar surface area (TPSA) is 52.6 Å². The van der Waals surface area contributed by atoms with Gasteiger partial charge in [0, 0.05) is 17.2 Å². The van der Waals surface area contributed by atoms with Gasteiger partial charge >= 0.3 is 11.4 Å². The Bertz CT molecular complexity index is 449. The van der Waals surface area contributed by atoms with Crippen LogP contribution in [0.15, 0.2) is 24.3 Å². The molecular formula is C13H15ClO4. The van der Waals surface area contributed by atoms with Gasteiger partial charge in [-0.15, -0.1) is 0 Å². The third-order valence-electron chi connectivity index (χ3n) is 2.13. The quantitative estimate of drug-likeness (QED) is 0.479. The van der Waals surface area contributed by atoms with Crippen LogP contribution in [0, 0.1) is 5.41 Å². The van der Waals surface area contributed by atoms with E-state index in [1.165, 1.54) is 0 Å².